The highest BCUT2D eigenvalue weighted by molar-refractivity contribution is 6.45. The van der Waals surface area contributed by atoms with Crippen LogP contribution in [-0.4, -0.2) is 102 Å². The normalized spacial score (nSPS) is 18.2. The first-order valence-corrected chi connectivity index (χ1v) is 21.9. The summed E-state index contributed by atoms with van der Waals surface area (Å²) in [5.74, 6) is 1.50. The predicted molar refractivity (Wildman–Crippen MR) is 237 cm³/mol. The van der Waals surface area contributed by atoms with Gasteiger partial charge in [-0.05, 0) is 150 Å². The summed E-state index contributed by atoms with van der Waals surface area (Å²) in [6.45, 7) is 12.5. The highest BCUT2D eigenvalue weighted by Gasteiger charge is 2.35. The fourth-order valence-electron chi connectivity index (χ4n) is 8.52. The Balaban J connectivity index is 0.000000248. The van der Waals surface area contributed by atoms with E-state index < -0.39 is 7.05 Å². The third-order valence-corrected chi connectivity index (χ3v) is 12.3. The molecule has 0 spiro atoms. The van der Waals surface area contributed by atoms with E-state index in [1.807, 2.05) is 79.4 Å². The van der Waals surface area contributed by atoms with Gasteiger partial charge in [0.05, 0.1) is 12.1 Å². The van der Waals surface area contributed by atoms with Crippen LogP contribution in [0.25, 0.3) is 0 Å². The fourth-order valence-corrected chi connectivity index (χ4v) is 8.77. The first-order valence-electron chi connectivity index (χ1n) is 21.2. The van der Waals surface area contributed by atoms with E-state index in [1.54, 1.807) is 13.0 Å². The third kappa shape index (κ3) is 14.0. The number of anilines is 1. The molecule has 5 amide bonds. The molecule has 7 N–H and O–H groups in total. The first-order chi connectivity index (χ1) is 28.4. The SMILES string of the molecule is CCNC(=O)NC(c1ccc(Cl)cc1)C1CCN(B(C)O)CC1.CCNC(=O)NC(c1ccc(Cl)cc1)C1CCN(C(=O)C2CCN(Cc3ccnc(N)c3)CC2)CC1. The third-order valence-electron chi connectivity index (χ3n) is 11.8. The number of rotatable bonds is 12. The molecule has 13 nitrogen and oxygen atoms in total. The van der Waals surface area contributed by atoms with Gasteiger partial charge in [0.2, 0.25) is 5.91 Å². The number of hydrogen-bond donors (Lipinski definition) is 6. The number of nitrogens with two attached hydrogens (primary N) is 1. The molecular formula is C43H62BCl2N9O4. The predicted octanol–water partition coefficient (Wildman–Crippen LogP) is 6.35. The number of aromatic nitrogens is 1. The molecule has 2 aromatic carbocycles. The number of hydrogen-bond acceptors (Lipinski definition) is 8. The Bertz CT molecular complexity index is 1770. The van der Waals surface area contributed by atoms with Crippen molar-refractivity contribution in [3.63, 3.8) is 0 Å². The number of likely N-dealkylation sites (tertiary alicyclic amines) is 2. The average molecular weight is 851 g/mol. The molecule has 4 heterocycles. The molecule has 2 unspecified atom stereocenters. The maximum atomic E-state index is 13.3. The quantitative estimate of drug-likeness (QED) is 0.115. The molecule has 3 aliphatic heterocycles. The van der Waals surface area contributed by atoms with E-state index in [2.05, 4.69) is 36.0 Å². The molecule has 2 atom stereocenters. The summed E-state index contributed by atoms with van der Waals surface area (Å²) < 4.78 is 0. The molecular weight excluding hydrogens is 788 g/mol. The van der Waals surface area contributed by atoms with Crippen LogP contribution >= 0.6 is 23.2 Å². The van der Waals surface area contributed by atoms with Gasteiger partial charge in [0.15, 0.2) is 0 Å². The van der Waals surface area contributed by atoms with Crippen LogP contribution in [0.4, 0.5) is 15.4 Å². The van der Waals surface area contributed by atoms with Crippen molar-refractivity contribution in [1.29, 1.82) is 0 Å². The molecule has 3 fully saturated rings. The molecule has 0 aliphatic carbocycles. The highest BCUT2D eigenvalue weighted by Crippen LogP contribution is 2.34. The summed E-state index contributed by atoms with van der Waals surface area (Å²) in [5.41, 5.74) is 9.07. The van der Waals surface area contributed by atoms with E-state index in [9.17, 15) is 19.4 Å². The maximum absolute atomic E-state index is 13.3. The molecule has 320 valence electrons. The van der Waals surface area contributed by atoms with E-state index in [-0.39, 0.29) is 41.9 Å². The van der Waals surface area contributed by atoms with Crippen LogP contribution in [0.15, 0.2) is 66.9 Å². The Kier molecular flexibility index (Phi) is 18.0. The molecule has 0 bridgehead atoms. The van der Waals surface area contributed by atoms with Crippen LogP contribution in [0, 0.1) is 17.8 Å². The Hall–Kier alpha value is -4.08. The summed E-state index contributed by atoms with van der Waals surface area (Å²) in [6, 6.07) is 18.8. The zero-order valence-corrected chi connectivity index (χ0v) is 36.2. The van der Waals surface area contributed by atoms with Gasteiger partial charge in [0.1, 0.15) is 5.82 Å². The van der Waals surface area contributed by atoms with Crippen LogP contribution in [0.2, 0.25) is 16.9 Å². The molecule has 3 aromatic rings. The summed E-state index contributed by atoms with van der Waals surface area (Å²) in [4.78, 5) is 48.2. The Labute approximate surface area is 360 Å². The van der Waals surface area contributed by atoms with Crippen molar-refractivity contribution in [3.8, 4) is 0 Å². The maximum Gasteiger partial charge on any atom is 0.376 e. The minimum atomic E-state index is -0.415. The molecule has 0 saturated carbocycles. The number of nitrogens with one attached hydrogen (secondary N) is 4. The molecule has 0 radical (unpaired) electrons. The molecule has 3 saturated heterocycles. The number of benzene rings is 2. The topological polar surface area (TPSA) is 168 Å². The minimum absolute atomic E-state index is 0.0463. The lowest BCUT2D eigenvalue weighted by molar-refractivity contribution is -0.138. The van der Waals surface area contributed by atoms with Crippen LogP contribution < -0.4 is 27.0 Å². The van der Waals surface area contributed by atoms with E-state index in [1.165, 1.54) is 0 Å². The lowest BCUT2D eigenvalue weighted by atomic mass is 9.78. The van der Waals surface area contributed by atoms with Crippen LogP contribution in [-0.2, 0) is 11.3 Å². The first kappa shape index (κ1) is 46.0. The number of amides is 5. The van der Waals surface area contributed by atoms with Gasteiger partial charge in [-0.2, -0.15) is 0 Å². The van der Waals surface area contributed by atoms with Crippen LogP contribution in [0.3, 0.4) is 0 Å². The summed E-state index contributed by atoms with van der Waals surface area (Å²) in [5, 5.41) is 22.9. The van der Waals surface area contributed by atoms with Crippen molar-refractivity contribution in [2.24, 2.45) is 17.8 Å². The van der Waals surface area contributed by atoms with Crippen molar-refractivity contribution in [1.82, 2.24) is 40.9 Å². The smallest absolute Gasteiger partial charge is 0.376 e. The van der Waals surface area contributed by atoms with Gasteiger partial charge in [-0.3, -0.25) is 9.69 Å². The number of urea groups is 2. The number of carbonyl (C=O) groups is 3. The second-order valence-corrected chi connectivity index (χ2v) is 16.7. The van der Waals surface area contributed by atoms with Gasteiger partial charge >= 0.3 is 19.1 Å². The van der Waals surface area contributed by atoms with Crippen molar-refractivity contribution < 1.29 is 19.4 Å². The molecule has 3 aliphatic rings. The standard InChI is InChI=1S/C27H37ClN6O2.C16H25BClN3O2/c1-2-30-27(36)32-25(20-3-5-23(28)6-4-20)21-10-15-34(16-11-21)26(35)22-8-13-33(14-9-22)18-19-7-12-31-24(29)17-19;1-3-19-16(22)20-15(12-4-6-14(18)7-5-12)13-8-10-21(11-9-13)17(2)23/h3-7,12,17,21-22,25H,2,8-11,13-16,18H2,1H3,(H2,29,31)(H2,30,32,36);4-7,13,15,23H,3,8-11H2,1-2H3,(H2,19,20,22). The van der Waals surface area contributed by atoms with Gasteiger partial charge in [-0.15, -0.1) is 0 Å². The van der Waals surface area contributed by atoms with Crippen molar-refractivity contribution in [3.05, 3.63) is 93.6 Å². The van der Waals surface area contributed by atoms with Gasteiger partial charge in [-0.25, -0.2) is 14.6 Å². The Morgan fingerprint density at radius 2 is 1.24 bits per heavy atom. The van der Waals surface area contributed by atoms with Gasteiger partial charge in [-0.1, -0.05) is 47.5 Å². The second-order valence-electron chi connectivity index (χ2n) is 15.9. The van der Waals surface area contributed by atoms with Crippen LogP contribution in [0.1, 0.15) is 81.1 Å². The van der Waals surface area contributed by atoms with E-state index >= 15 is 0 Å². The van der Waals surface area contributed by atoms with Crippen molar-refractivity contribution in [2.75, 3.05) is 58.1 Å². The van der Waals surface area contributed by atoms with Gasteiger partial charge in [0, 0.05) is 54.9 Å². The summed E-state index contributed by atoms with van der Waals surface area (Å²) in [6.07, 6.45) is 7.08. The molecule has 59 heavy (non-hydrogen) atoms. The van der Waals surface area contributed by atoms with E-state index in [4.69, 9.17) is 28.9 Å². The summed E-state index contributed by atoms with van der Waals surface area (Å²) in [7, 11) is -0.415. The molecule has 16 heteroatoms. The lowest BCUT2D eigenvalue weighted by Gasteiger charge is -2.39. The van der Waals surface area contributed by atoms with E-state index in [0.29, 0.717) is 34.9 Å². The second kappa shape index (κ2) is 23.1. The zero-order valence-electron chi connectivity index (χ0n) is 34.7. The number of piperidine rings is 3. The Morgan fingerprint density at radius 3 is 1.68 bits per heavy atom. The lowest BCUT2D eigenvalue weighted by Crippen LogP contribution is -2.48. The minimum Gasteiger partial charge on any atom is -0.437 e. The van der Waals surface area contributed by atoms with Gasteiger partial charge in [0.25, 0.3) is 0 Å². The fraction of sp³-hybridized carbons (Fsp3) is 0.535. The van der Waals surface area contributed by atoms with Gasteiger partial charge < -0.3 is 41.7 Å². The van der Waals surface area contributed by atoms with Crippen LogP contribution in [0.5, 0.6) is 0 Å². The Morgan fingerprint density at radius 1 is 0.763 bits per heavy atom. The molecule has 6 rings (SSSR count). The monoisotopic (exact) mass is 849 g/mol. The zero-order chi connectivity index (χ0) is 42.3. The average Bonchev–Trinajstić information content (AvgIpc) is 3.23. The van der Waals surface area contributed by atoms with Crippen molar-refractivity contribution >= 4 is 54.0 Å². The number of nitrogen functional groups attached to an aromatic ring is 1. The van der Waals surface area contributed by atoms with E-state index in [0.717, 1.165) is 101 Å². The summed E-state index contributed by atoms with van der Waals surface area (Å²) >= 11 is 12.1. The molecule has 1 aromatic heterocycles. The highest BCUT2D eigenvalue weighted by atomic mass is 35.5. The number of pyridine rings is 1. The largest absolute Gasteiger partial charge is 0.437 e. The van der Waals surface area contributed by atoms with Crippen molar-refractivity contribution in [2.45, 2.75) is 77.8 Å². The number of nitrogens with zero attached hydrogens (tertiary/aromatic N) is 4. The number of carbonyl (C=O) groups excluding carboxylic acids is 3. The number of halogens is 2.